The van der Waals surface area contributed by atoms with Crippen LogP contribution in [-0.2, 0) is 4.74 Å². The van der Waals surface area contributed by atoms with Crippen molar-refractivity contribution in [2.75, 3.05) is 7.11 Å². The summed E-state index contributed by atoms with van der Waals surface area (Å²) in [6.45, 7) is 0. The first kappa shape index (κ1) is 12.0. The van der Waals surface area contributed by atoms with Crippen molar-refractivity contribution in [1.82, 2.24) is 0 Å². The first-order valence-electron chi connectivity index (χ1n) is 6.73. The van der Waals surface area contributed by atoms with E-state index in [1.165, 1.54) is 0 Å². The average molecular weight is 248 g/mol. The van der Waals surface area contributed by atoms with Gasteiger partial charge >= 0.3 is 0 Å². The zero-order valence-electron chi connectivity index (χ0n) is 10.8. The van der Waals surface area contributed by atoms with Crippen LogP contribution in [0.4, 0.5) is 0 Å². The predicted molar refractivity (Wildman–Crippen MR) is 68.6 cm³/mol. The first-order valence-corrected chi connectivity index (χ1v) is 6.73. The van der Waals surface area contributed by atoms with Gasteiger partial charge in [-0.2, -0.15) is 0 Å². The summed E-state index contributed by atoms with van der Waals surface area (Å²) in [6, 6.07) is 7.78. The largest absolute Gasteiger partial charge is 0.490 e. The standard InChI is InChI=1S/C15H20O3/c1-17-15(9-2-10-15)14(16)11-3-5-12(6-4-11)18-13-7-8-13/h3-6,13-14,16H,2,7-10H2,1H3. The fourth-order valence-corrected chi connectivity index (χ4v) is 2.53. The van der Waals surface area contributed by atoms with E-state index in [2.05, 4.69) is 0 Å². The molecule has 1 aromatic rings. The van der Waals surface area contributed by atoms with Gasteiger partial charge in [-0.1, -0.05) is 12.1 Å². The molecule has 2 saturated carbocycles. The van der Waals surface area contributed by atoms with E-state index in [0.717, 1.165) is 43.4 Å². The van der Waals surface area contributed by atoms with Gasteiger partial charge in [-0.25, -0.2) is 0 Å². The number of hydrogen-bond donors (Lipinski definition) is 1. The lowest BCUT2D eigenvalue weighted by Crippen LogP contribution is -2.45. The van der Waals surface area contributed by atoms with Crippen LogP contribution in [0.3, 0.4) is 0 Å². The van der Waals surface area contributed by atoms with Crippen LogP contribution in [0.1, 0.15) is 43.8 Å². The minimum atomic E-state index is -0.536. The minimum Gasteiger partial charge on any atom is -0.490 e. The molecule has 0 saturated heterocycles. The van der Waals surface area contributed by atoms with Crippen LogP contribution < -0.4 is 4.74 Å². The van der Waals surface area contributed by atoms with Crippen LogP contribution in [0.5, 0.6) is 5.75 Å². The van der Waals surface area contributed by atoms with Crippen LogP contribution in [0.15, 0.2) is 24.3 Å². The van der Waals surface area contributed by atoms with E-state index in [4.69, 9.17) is 9.47 Å². The van der Waals surface area contributed by atoms with Gasteiger partial charge in [0.2, 0.25) is 0 Å². The maximum atomic E-state index is 10.4. The Morgan fingerprint density at radius 2 is 1.89 bits per heavy atom. The molecule has 18 heavy (non-hydrogen) atoms. The molecule has 0 amide bonds. The van der Waals surface area contributed by atoms with Gasteiger partial charge in [0.1, 0.15) is 11.9 Å². The summed E-state index contributed by atoms with van der Waals surface area (Å²) in [4.78, 5) is 0. The second kappa shape index (κ2) is 4.56. The number of ether oxygens (including phenoxy) is 2. The highest BCUT2D eigenvalue weighted by Crippen LogP contribution is 2.45. The number of benzene rings is 1. The molecule has 0 radical (unpaired) electrons. The quantitative estimate of drug-likeness (QED) is 0.870. The van der Waals surface area contributed by atoms with Gasteiger partial charge in [-0.15, -0.1) is 0 Å². The van der Waals surface area contributed by atoms with E-state index in [-0.39, 0.29) is 5.60 Å². The molecule has 2 aliphatic rings. The summed E-state index contributed by atoms with van der Waals surface area (Å²) in [5, 5.41) is 10.4. The third-order valence-electron chi connectivity index (χ3n) is 4.13. The van der Waals surface area contributed by atoms with Gasteiger partial charge < -0.3 is 14.6 Å². The fraction of sp³-hybridized carbons (Fsp3) is 0.600. The predicted octanol–water partition coefficient (Wildman–Crippen LogP) is 2.83. The Morgan fingerprint density at radius 1 is 1.22 bits per heavy atom. The van der Waals surface area contributed by atoms with Crippen molar-refractivity contribution in [3.05, 3.63) is 29.8 Å². The van der Waals surface area contributed by atoms with Gasteiger partial charge in [0.25, 0.3) is 0 Å². The van der Waals surface area contributed by atoms with Crippen molar-refractivity contribution in [2.24, 2.45) is 0 Å². The lowest BCUT2D eigenvalue weighted by Gasteiger charge is -2.44. The van der Waals surface area contributed by atoms with E-state index >= 15 is 0 Å². The molecule has 98 valence electrons. The van der Waals surface area contributed by atoms with Gasteiger partial charge in [-0.3, -0.25) is 0 Å². The molecule has 3 rings (SSSR count). The van der Waals surface area contributed by atoms with E-state index in [1.54, 1.807) is 7.11 Å². The second-order valence-electron chi connectivity index (χ2n) is 5.41. The molecule has 3 nitrogen and oxygen atoms in total. The normalized spacial score (nSPS) is 23.2. The SMILES string of the molecule is COC1(C(O)c2ccc(OC3CC3)cc2)CCC1. The van der Waals surface area contributed by atoms with Crippen molar-refractivity contribution >= 4 is 0 Å². The number of methoxy groups -OCH3 is 1. The second-order valence-corrected chi connectivity index (χ2v) is 5.41. The van der Waals surface area contributed by atoms with Gasteiger partial charge in [0.15, 0.2) is 0 Å². The van der Waals surface area contributed by atoms with E-state index in [1.807, 2.05) is 24.3 Å². The van der Waals surface area contributed by atoms with Crippen LogP contribution >= 0.6 is 0 Å². The molecular weight excluding hydrogens is 228 g/mol. The van der Waals surface area contributed by atoms with E-state index in [9.17, 15) is 5.11 Å². The lowest BCUT2D eigenvalue weighted by atomic mass is 9.74. The lowest BCUT2D eigenvalue weighted by molar-refractivity contribution is -0.151. The molecule has 0 aromatic heterocycles. The van der Waals surface area contributed by atoms with Crippen molar-refractivity contribution in [3.8, 4) is 5.75 Å². The van der Waals surface area contributed by atoms with Gasteiger partial charge in [-0.05, 0) is 49.8 Å². The molecule has 2 fully saturated rings. The monoisotopic (exact) mass is 248 g/mol. The molecule has 3 heteroatoms. The highest BCUT2D eigenvalue weighted by Gasteiger charge is 2.44. The summed E-state index contributed by atoms with van der Waals surface area (Å²) >= 11 is 0. The Hall–Kier alpha value is -1.06. The average Bonchev–Trinajstić information content (AvgIpc) is 3.13. The molecular formula is C15H20O3. The van der Waals surface area contributed by atoms with E-state index in [0.29, 0.717) is 6.10 Å². The molecule has 0 heterocycles. The Morgan fingerprint density at radius 3 is 2.33 bits per heavy atom. The maximum Gasteiger partial charge on any atom is 0.119 e. The maximum absolute atomic E-state index is 10.4. The van der Waals surface area contributed by atoms with Crippen molar-refractivity contribution in [2.45, 2.75) is 49.9 Å². The van der Waals surface area contributed by atoms with Gasteiger partial charge in [0.05, 0.1) is 11.7 Å². The minimum absolute atomic E-state index is 0.362. The zero-order valence-corrected chi connectivity index (χ0v) is 10.8. The molecule has 1 N–H and O–H groups in total. The summed E-state index contributed by atoms with van der Waals surface area (Å²) in [5.74, 6) is 0.897. The zero-order chi connectivity index (χ0) is 12.6. The molecule has 1 unspecified atom stereocenters. The van der Waals surface area contributed by atoms with Crippen LogP contribution in [0.25, 0.3) is 0 Å². The Bertz CT molecular complexity index is 399. The topological polar surface area (TPSA) is 38.7 Å². The van der Waals surface area contributed by atoms with Crippen LogP contribution in [-0.4, -0.2) is 23.9 Å². The summed E-state index contributed by atoms with van der Waals surface area (Å²) < 4.78 is 11.2. The first-order chi connectivity index (χ1) is 8.73. The summed E-state index contributed by atoms with van der Waals surface area (Å²) in [6.07, 6.45) is 5.21. The third kappa shape index (κ3) is 2.13. The van der Waals surface area contributed by atoms with Crippen LogP contribution in [0, 0.1) is 0 Å². The molecule has 0 aliphatic heterocycles. The smallest absolute Gasteiger partial charge is 0.119 e. The molecule has 2 aliphatic carbocycles. The number of hydrogen-bond acceptors (Lipinski definition) is 3. The fourth-order valence-electron chi connectivity index (χ4n) is 2.53. The van der Waals surface area contributed by atoms with Gasteiger partial charge in [0, 0.05) is 7.11 Å². The molecule has 0 spiro atoms. The number of rotatable bonds is 5. The molecule has 0 bridgehead atoms. The van der Waals surface area contributed by atoms with E-state index < -0.39 is 6.10 Å². The Kier molecular flexibility index (Phi) is 3.04. The summed E-state index contributed by atoms with van der Waals surface area (Å²) in [7, 11) is 1.69. The highest BCUT2D eigenvalue weighted by molar-refractivity contribution is 5.30. The van der Waals surface area contributed by atoms with Crippen molar-refractivity contribution in [3.63, 3.8) is 0 Å². The highest BCUT2D eigenvalue weighted by atomic mass is 16.5. The van der Waals surface area contributed by atoms with Crippen molar-refractivity contribution < 1.29 is 14.6 Å². The summed E-state index contributed by atoms with van der Waals surface area (Å²) in [5.41, 5.74) is 0.554. The molecule has 1 aromatic carbocycles. The number of aliphatic hydroxyl groups is 1. The number of aliphatic hydroxyl groups excluding tert-OH is 1. The van der Waals surface area contributed by atoms with Crippen LogP contribution in [0.2, 0.25) is 0 Å². The Balaban J connectivity index is 1.71. The van der Waals surface area contributed by atoms with Crippen molar-refractivity contribution in [1.29, 1.82) is 0 Å². The third-order valence-corrected chi connectivity index (χ3v) is 4.13. The Labute approximate surface area is 108 Å². The molecule has 1 atom stereocenters.